The van der Waals surface area contributed by atoms with Crippen LogP contribution in [0.15, 0.2) is 42.5 Å². The minimum absolute atomic E-state index is 0.0224. The summed E-state index contributed by atoms with van der Waals surface area (Å²) in [6.45, 7) is 4.26. The van der Waals surface area contributed by atoms with E-state index in [0.29, 0.717) is 23.0 Å². The first-order valence-electron chi connectivity index (χ1n) is 9.35. The summed E-state index contributed by atoms with van der Waals surface area (Å²) in [5.74, 6) is 0.329. The van der Waals surface area contributed by atoms with Gasteiger partial charge in [-0.2, -0.15) is 0 Å². The third-order valence-corrected chi connectivity index (χ3v) is 5.01. The lowest BCUT2D eigenvalue weighted by molar-refractivity contribution is -0.137. The van der Waals surface area contributed by atoms with E-state index in [1.807, 2.05) is 56.1 Å². The van der Waals surface area contributed by atoms with Gasteiger partial charge in [0.05, 0.1) is 19.7 Å². The smallest absolute Gasteiger partial charge is 0.243 e. The summed E-state index contributed by atoms with van der Waals surface area (Å²) in [4.78, 5) is 28.4. The Labute approximate surface area is 177 Å². The van der Waals surface area contributed by atoms with Gasteiger partial charge in [0, 0.05) is 29.9 Å². The topological polar surface area (TPSA) is 61.9 Å². The minimum atomic E-state index is -0.420. The number of aryl methyl sites for hydroxylation is 1. The lowest BCUT2D eigenvalue weighted by atomic mass is 10.1. The molecule has 0 saturated carbocycles. The molecule has 0 bridgehead atoms. The summed E-state index contributed by atoms with van der Waals surface area (Å²) in [7, 11) is 5.08. The van der Waals surface area contributed by atoms with Gasteiger partial charge < -0.3 is 15.0 Å². The van der Waals surface area contributed by atoms with Gasteiger partial charge in [-0.25, -0.2) is 0 Å². The molecule has 0 fully saturated rings. The van der Waals surface area contributed by atoms with Crippen molar-refractivity contribution in [3.63, 3.8) is 0 Å². The molecule has 2 aromatic rings. The number of carbonyl (C=O) groups excluding carboxylic acids is 2. The molecule has 1 N–H and O–H groups in total. The van der Waals surface area contributed by atoms with Crippen LogP contribution in [0.2, 0.25) is 5.02 Å². The normalized spacial score (nSPS) is 11.8. The van der Waals surface area contributed by atoms with Gasteiger partial charge in [-0.3, -0.25) is 14.5 Å². The average molecular weight is 418 g/mol. The average Bonchev–Trinajstić information content (AvgIpc) is 2.68. The highest BCUT2D eigenvalue weighted by atomic mass is 35.5. The summed E-state index contributed by atoms with van der Waals surface area (Å²) >= 11 is 6.09. The molecule has 0 saturated heterocycles. The van der Waals surface area contributed by atoms with Crippen molar-refractivity contribution in [1.29, 1.82) is 0 Å². The first-order valence-corrected chi connectivity index (χ1v) is 9.73. The van der Waals surface area contributed by atoms with Crippen LogP contribution in [-0.2, 0) is 16.1 Å². The molecule has 0 heterocycles. The van der Waals surface area contributed by atoms with Crippen LogP contribution in [-0.4, -0.2) is 55.4 Å². The fourth-order valence-corrected chi connectivity index (χ4v) is 3.11. The van der Waals surface area contributed by atoms with E-state index in [0.717, 1.165) is 11.1 Å². The minimum Gasteiger partial charge on any atom is -0.496 e. The number of nitrogens with one attached hydrogen (secondary N) is 1. The standard InChI is InChI=1S/C22H28ClN3O3/c1-15-6-9-19(10-7-15)24-21(27)14-26(4)22(28)16(2)25(3)13-17-12-18(23)8-11-20(17)29-5/h6-12,16H,13-14H2,1-5H3,(H,24,27)/t16-/m1/s1. The molecule has 0 aliphatic carbocycles. The van der Waals surface area contributed by atoms with Crippen LogP contribution in [0.5, 0.6) is 5.75 Å². The van der Waals surface area contributed by atoms with Crippen molar-refractivity contribution in [1.82, 2.24) is 9.80 Å². The van der Waals surface area contributed by atoms with Crippen LogP contribution in [0.25, 0.3) is 0 Å². The van der Waals surface area contributed by atoms with Crippen LogP contribution >= 0.6 is 11.6 Å². The fourth-order valence-electron chi connectivity index (χ4n) is 2.91. The van der Waals surface area contributed by atoms with E-state index in [-0.39, 0.29) is 18.4 Å². The largest absolute Gasteiger partial charge is 0.496 e. The molecule has 1 atom stereocenters. The molecular weight excluding hydrogens is 390 g/mol. The molecule has 0 aromatic heterocycles. The van der Waals surface area contributed by atoms with E-state index < -0.39 is 6.04 Å². The summed E-state index contributed by atoms with van der Waals surface area (Å²) in [5.41, 5.74) is 2.71. The highest BCUT2D eigenvalue weighted by Crippen LogP contribution is 2.24. The van der Waals surface area contributed by atoms with Gasteiger partial charge in [-0.15, -0.1) is 0 Å². The van der Waals surface area contributed by atoms with E-state index >= 15 is 0 Å². The predicted molar refractivity (Wildman–Crippen MR) is 116 cm³/mol. The van der Waals surface area contributed by atoms with Crippen molar-refractivity contribution in [2.24, 2.45) is 0 Å². The van der Waals surface area contributed by atoms with Crippen molar-refractivity contribution in [2.75, 3.05) is 33.1 Å². The Morgan fingerprint density at radius 1 is 1.14 bits per heavy atom. The summed E-state index contributed by atoms with van der Waals surface area (Å²) in [5, 5.41) is 3.42. The zero-order valence-electron chi connectivity index (χ0n) is 17.5. The van der Waals surface area contributed by atoms with Crippen LogP contribution in [0.3, 0.4) is 0 Å². The second-order valence-electron chi connectivity index (χ2n) is 7.16. The third-order valence-electron chi connectivity index (χ3n) is 4.77. The number of amides is 2. The second kappa shape index (κ2) is 10.3. The molecule has 0 aliphatic rings. The quantitative estimate of drug-likeness (QED) is 0.713. The van der Waals surface area contributed by atoms with Crippen molar-refractivity contribution in [3.05, 3.63) is 58.6 Å². The predicted octanol–water partition coefficient (Wildman–Crippen LogP) is 3.57. The molecule has 2 amide bonds. The molecule has 2 rings (SSSR count). The SMILES string of the molecule is COc1ccc(Cl)cc1CN(C)[C@H](C)C(=O)N(C)CC(=O)Nc1ccc(C)cc1. The number of anilines is 1. The van der Waals surface area contributed by atoms with Gasteiger partial charge in [0.25, 0.3) is 0 Å². The van der Waals surface area contributed by atoms with E-state index in [9.17, 15) is 9.59 Å². The number of nitrogens with zero attached hydrogens (tertiary/aromatic N) is 2. The number of methoxy groups -OCH3 is 1. The van der Waals surface area contributed by atoms with Crippen molar-refractivity contribution < 1.29 is 14.3 Å². The van der Waals surface area contributed by atoms with Gasteiger partial charge in [-0.05, 0) is 51.2 Å². The van der Waals surface area contributed by atoms with Gasteiger partial charge in [0.1, 0.15) is 5.75 Å². The van der Waals surface area contributed by atoms with Gasteiger partial charge in [0.2, 0.25) is 11.8 Å². The molecule has 6 nitrogen and oxygen atoms in total. The Kier molecular flexibility index (Phi) is 8.05. The molecule has 29 heavy (non-hydrogen) atoms. The number of rotatable bonds is 8. The first-order chi connectivity index (χ1) is 13.7. The molecule has 0 spiro atoms. The van der Waals surface area contributed by atoms with Crippen LogP contribution in [0, 0.1) is 6.92 Å². The van der Waals surface area contributed by atoms with Crippen LogP contribution in [0.1, 0.15) is 18.1 Å². The molecule has 0 aliphatic heterocycles. The van der Waals surface area contributed by atoms with Gasteiger partial charge >= 0.3 is 0 Å². The van der Waals surface area contributed by atoms with Crippen molar-refractivity contribution in [3.8, 4) is 5.75 Å². The summed E-state index contributed by atoms with van der Waals surface area (Å²) in [6.07, 6.45) is 0. The number of hydrogen-bond donors (Lipinski definition) is 1. The lowest BCUT2D eigenvalue weighted by Crippen LogP contribution is -2.46. The second-order valence-corrected chi connectivity index (χ2v) is 7.59. The Morgan fingerprint density at radius 3 is 2.41 bits per heavy atom. The first kappa shape index (κ1) is 22.7. The highest BCUT2D eigenvalue weighted by molar-refractivity contribution is 6.30. The Morgan fingerprint density at radius 2 is 1.79 bits per heavy atom. The van der Waals surface area contributed by atoms with E-state index in [2.05, 4.69) is 5.32 Å². The lowest BCUT2D eigenvalue weighted by Gasteiger charge is -2.28. The zero-order chi connectivity index (χ0) is 21.6. The molecule has 0 radical (unpaired) electrons. The Balaban J connectivity index is 1.94. The number of likely N-dealkylation sites (N-methyl/N-ethyl adjacent to an activating group) is 2. The highest BCUT2D eigenvalue weighted by Gasteiger charge is 2.24. The van der Waals surface area contributed by atoms with Crippen LogP contribution < -0.4 is 10.1 Å². The van der Waals surface area contributed by atoms with Gasteiger partial charge in [0.15, 0.2) is 0 Å². The summed E-state index contributed by atoms with van der Waals surface area (Å²) < 4.78 is 5.37. The van der Waals surface area contributed by atoms with Crippen molar-refractivity contribution in [2.45, 2.75) is 26.4 Å². The molecule has 2 aromatic carbocycles. The van der Waals surface area contributed by atoms with E-state index in [1.165, 1.54) is 4.90 Å². The van der Waals surface area contributed by atoms with Gasteiger partial charge in [-0.1, -0.05) is 29.3 Å². The maximum Gasteiger partial charge on any atom is 0.243 e. The maximum atomic E-state index is 12.8. The molecule has 7 heteroatoms. The Hall–Kier alpha value is -2.57. The maximum absolute atomic E-state index is 12.8. The number of halogens is 1. The zero-order valence-corrected chi connectivity index (χ0v) is 18.3. The third kappa shape index (κ3) is 6.48. The van der Waals surface area contributed by atoms with E-state index in [4.69, 9.17) is 16.3 Å². The Bertz CT molecular complexity index is 855. The van der Waals surface area contributed by atoms with Crippen LogP contribution in [0.4, 0.5) is 5.69 Å². The monoisotopic (exact) mass is 417 g/mol. The number of carbonyl (C=O) groups is 2. The number of hydrogen-bond acceptors (Lipinski definition) is 4. The molecular formula is C22H28ClN3O3. The summed E-state index contributed by atoms with van der Waals surface area (Å²) in [6, 6.07) is 12.5. The number of benzene rings is 2. The van der Waals surface area contributed by atoms with Crippen molar-refractivity contribution >= 4 is 29.1 Å². The van der Waals surface area contributed by atoms with E-state index in [1.54, 1.807) is 26.3 Å². The molecule has 0 unspecified atom stereocenters. The molecule has 156 valence electrons. The number of ether oxygens (including phenoxy) is 1. The fraction of sp³-hybridized carbons (Fsp3) is 0.364.